The molecule has 0 amide bonds. The van der Waals surface area contributed by atoms with Gasteiger partial charge in [0.1, 0.15) is 6.10 Å². The predicted molar refractivity (Wildman–Crippen MR) is 61.5 cm³/mol. The summed E-state index contributed by atoms with van der Waals surface area (Å²) in [7, 11) is 1.50. The molecule has 1 aromatic carbocycles. The van der Waals surface area contributed by atoms with E-state index in [4.69, 9.17) is 16.3 Å². The standard InChI is InChI=1S/C11H14ClNO2/c1-8-4-3-5-10(12)11(8)13-6-9(7-14)15-2/h3-5,7,9,13H,6H2,1-2H3. The Kier molecular flexibility index (Phi) is 4.59. The summed E-state index contributed by atoms with van der Waals surface area (Å²) in [6.07, 6.45) is 0.319. The van der Waals surface area contributed by atoms with Crippen LogP contribution in [-0.2, 0) is 9.53 Å². The molecule has 4 heteroatoms. The smallest absolute Gasteiger partial charge is 0.150 e. The van der Waals surface area contributed by atoms with E-state index in [0.717, 1.165) is 17.5 Å². The Labute approximate surface area is 94.4 Å². The van der Waals surface area contributed by atoms with Gasteiger partial charge < -0.3 is 14.8 Å². The zero-order valence-corrected chi connectivity index (χ0v) is 9.54. The van der Waals surface area contributed by atoms with Crippen LogP contribution in [0, 0.1) is 6.92 Å². The third-order valence-electron chi connectivity index (χ3n) is 2.16. The normalized spacial score (nSPS) is 12.2. The van der Waals surface area contributed by atoms with Gasteiger partial charge in [0.2, 0.25) is 0 Å². The number of para-hydroxylation sites is 1. The molecule has 1 aromatic rings. The van der Waals surface area contributed by atoms with Crippen molar-refractivity contribution in [1.82, 2.24) is 0 Å². The van der Waals surface area contributed by atoms with Crippen molar-refractivity contribution in [3.05, 3.63) is 28.8 Å². The number of carbonyl (C=O) groups is 1. The molecule has 0 aliphatic carbocycles. The van der Waals surface area contributed by atoms with E-state index >= 15 is 0 Å². The third-order valence-corrected chi connectivity index (χ3v) is 2.47. The van der Waals surface area contributed by atoms with E-state index in [1.165, 1.54) is 7.11 Å². The lowest BCUT2D eigenvalue weighted by Crippen LogP contribution is -2.23. The fourth-order valence-corrected chi connectivity index (χ4v) is 1.53. The summed E-state index contributed by atoms with van der Waals surface area (Å²) in [6.45, 7) is 2.38. The summed E-state index contributed by atoms with van der Waals surface area (Å²) in [5, 5.41) is 3.74. The molecule has 0 fully saturated rings. The lowest BCUT2D eigenvalue weighted by Gasteiger charge is -2.14. The maximum Gasteiger partial charge on any atom is 0.150 e. The molecule has 82 valence electrons. The van der Waals surface area contributed by atoms with Crippen molar-refractivity contribution in [3.63, 3.8) is 0 Å². The zero-order chi connectivity index (χ0) is 11.3. The van der Waals surface area contributed by atoms with E-state index in [1.807, 2.05) is 19.1 Å². The molecule has 1 N–H and O–H groups in total. The minimum absolute atomic E-state index is 0.421. The maximum absolute atomic E-state index is 10.5. The third kappa shape index (κ3) is 3.22. The Morgan fingerprint density at radius 3 is 2.87 bits per heavy atom. The second kappa shape index (κ2) is 5.73. The Morgan fingerprint density at radius 1 is 1.60 bits per heavy atom. The molecule has 0 heterocycles. The molecule has 1 atom stereocenters. The summed E-state index contributed by atoms with van der Waals surface area (Å²) in [4.78, 5) is 10.5. The number of ether oxygens (including phenoxy) is 1. The highest BCUT2D eigenvalue weighted by atomic mass is 35.5. The lowest BCUT2D eigenvalue weighted by atomic mass is 10.2. The van der Waals surface area contributed by atoms with Gasteiger partial charge in [0.05, 0.1) is 10.7 Å². The van der Waals surface area contributed by atoms with Gasteiger partial charge in [-0.05, 0) is 18.6 Å². The number of rotatable bonds is 5. The van der Waals surface area contributed by atoms with Crippen molar-refractivity contribution >= 4 is 23.6 Å². The number of hydrogen-bond acceptors (Lipinski definition) is 3. The van der Waals surface area contributed by atoms with Crippen LogP contribution in [0.1, 0.15) is 5.56 Å². The average molecular weight is 228 g/mol. The monoisotopic (exact) mass is 227 g/mol. The van der Waals surface area contributed by atoms with Crippen LogP contribution < -0.4 is 5.32 Å². The van der Waals surface area contributed by atoms with Crippen LogP contribution in [0.3, 0.4) is 0 Å². The van der Waals surface area contributed by atoms with Gasteiger partial charge in [-0.25, -0.2) is 0 Å². The molecular weight excluding hydrogens is 214 g/mol. The van der Waals surface area contributed by atoms with Crippen LogP contribution >= 0.6 is 11.6 Å². The Balaban J connectivity index is 2.68. The topological polar surface area (TPSA) is 38.3 Å². The number of methoxy groups -OCH3 is 1. The molecule has 0 saturated heterocycles. The number of halogens is 1. The number of aldehydes is 1. The van der Waals surface area contributed by atoms with Gasteiger partial charge in [0, 0.05) is 13.7 Å². The van der Waals surface area contributed by atoms with Gasteiger partial charge in [0.25, 0.3) is 0 Å². The molecular formula is C11H14ClNO2. The fraction of sp³-hybridized carbons (Fsp3) is 0.364. The molecule has 1 rings (SSSR count). The van der Waals surface area contributed by atoms with Crippen molar-refractivity contribution < 1.29 is 9.53 Å². The molecule has 0 radical (unpaired) electrons. The van der Waals surface area contributed by atoms with Gasteiger partial charge >= 0.3 is 0 Å². The summed E-state index contributed by atoms with van der Waals surface area (Å²) in [5.41, 5.74) is 1.89. The van der Waals surface area contributed by atoms with E-state index in [9.17, 15) is 4.79 Å². The highest BCUT2D eigenvalue weighted by Gasteiger charge is 2.07. The van der Waals surface area contributed by atoms with Gasteiger partial charge in [-0.3, -0.25) is 0 Å². The largest absolute Gasteiger partial charge is 0.381 e. The number of anilines is 1. The first kappa shape index (κ1) is 12.0. The van der Waals surface area contributed by atoms with Crippen molar-refractivity contribution in [3.8, 4) is 0 Å². The molecule has 0 aliphatic heterocycles. The van der Waals surface area contributed by atoms with Gasteiger partial charge in [0.15, 0.2) is 6.29 Å². The molecule has 15 heavy (non-hydrogen) atoms. The van der Waals surface area contributed by atoms with E-state index in [0.29, 0.717) is 11.6 Å². The predicted octanol–water partition coefficient (Wildman–Crippen LogP) is 2.27. The van der Waals surface area contributed by atoms with Crippen LogP contribution in [0.4, 0.5) is 5.69 Å². The summed E-state index contributed by atoms with van der Waals surface area (Å²) >= 11 is 6.01. The van der Waals surface area contributed by atoms with Crippen LogP contribution in [0.2, 0.25) is 5.02 Å². The van der Waals surface area contributed by atoms with Crippen molar-refractivity contribution in [1.29, 1.82) is 0 Å². The molecule has 0 aliphatic rings. The van der Waals surface area contributed by atoms with Crippen molar-refractivity contribution in [2.24, 2.45) is 0 Å². The van der Waals surface area contributed by atoms with Crippen LogP contribution in [0.5, 0.6) is 0 Å². The van der Waals surface area contributed by atoms with Crippen LogP contribution in [0.15, 0.2) is 18.2 Å². The number of benzene rings is 1. The Morgan fingerprint density at radius 2 is 2.33 bits per heavy atom. The van der Waals surface area contributed by atoms with E-state index in [-0.39, 0.29) is 0 Å². The number of hydrogen-bond donors (Lipinski definition) is 1. The second-order valence-electron chi connectivity index (χ2n) is 3.22. The zero-order valence-electron chi connectivity index (χ0n) is 8.79. The highest BCUT2D eigenvalue weighted by Crippen LogP contribution is 2.24. The molecule has 0 spiro atoms. The SMILES string of the molecule is COC(C=O)CNc1c(C)cccc1Cl. The summed E-state index contributed by atoms with van der Waals surface area (Å²) in [6, 6.07) is 5.65. The van der Waals surface area contributed by atoms with Crippen molar-refractivity contribution in [2.45, 2.75) is 13.0 Å². The summed E-state index contributed by atoms with van der Waals surface area (Å²) < 4.78 is 4.93. The number of carbonyl (C=O) groups excluding carboxylic acids is 1. The first-order chi connectivity index (χ1) is 7.19. The molecule has 0 saturated carbocycles. The van der Waals surface area contributed by atoms with Gasteiger partial charge in [-0.15, -0.1) is 0 Å². The molecule has 0 aromatic heterocycles. The number of nitrogens with one attached hydrogen (secondary N) is 1. The molecule has 3 nitrogen and oxygen atoms in total. The average Bonchev–Trinajstić information content (AvgIpc) is 2.23. The minimum Gasteiger partial charge on any atom is -0.381 e. The molecule has 1 unspecified atom stereocenters. The first-order valence-electron chi connectivity index (χ1n) is 4.66. The van der Waals surface area contributed by atoms with E-state index < -0.39 is 6.10 Å². The summed E-state index contributed by atoms with van der Waals surface area (Å²) in [5.74, 6) is 0. The second-order valence-corrected chi connectivity index (χ2v) is 3.63. The first-order valence-corrected chi connectivity index (χ1v) is 5.04. The quantitative estimate of drug-likeness (QED) is 0.785. The van der Waals surface area contributed by atoms with Gasteiger partial charge in [-0.2, -0.15) is 0 Å². The Bertz CT molecular complexity index is 321. The van der Waals surface area contributed by atoms with Gasteiger partial charge in [-0.1, -0.05) is 23.7 Å². The Hall–Kier alpha value is -1.06. The maximum atomic E-state index is 10.5. The van der Waals surface area contributed by atoms with Crippen LogP contribution in [-0.4, -0.2) is 26.0 Å². The van der Waals surface area contributed by atoms with Crippen molar-refractivity contribution in [2.75, 3.05) is 19.0 Å². The minimum atomic E-state index is -0.444. The van der Waals surface area contributed by atoms with E-state index in [2.05, 4.69) is 5.32 Å². The number of aryl methyl sites for hydroxylation is 1. The van der Waals surface area contributed by atoms with E-state index in [1.54, 1.807) is 6.07 Å². The lowest BCUT2D eigenvalue weighted by molar-refractivity contribution is -0.115. The highest BCUT2D eigenvalue weighted by molar-refractivity contribution is 6.33. The fourth-order valence-electron chi connectivity index (χ4n) is 1.25. The molecule has 0 bridgehead atoms. The van der Waals surface area contributed by atoms with Crippen LogP contribution in [0.25, 0.3) is 0 Å².